The number of nitrogens with one attached hydrogen (secondary N) is 1. The molecule has 1 N–H and O–H groups in total. The number of H-pyrrole nitrogens is 1. The third-order valence-electron chi connectivity index (χ3n) is 3.53. The van der Waals surface area contributed by atoms with E-state index in [-0.39, 0.29) is 0 Å². The van der Waals surface area contributed by atoms with Gasteiger partial charge in [0.25, 0.3) is 0 Å². The topological polar surface area (TPSA) is 41.6 Å². The molecule has 0 aliphatic carbocycles. The van der Waals surface area contributed by atoms with E-state index in [1.807, 2.05) is 24.8 Å². The van der Waals surface area contributed by atoms with Crippen LogP contribution in [0, 0.1) is 6.92 Å². The molecule has 1 atom stereocenters. The van der Waals surface area contributed by atoms with Gasteiger partial charge in [-0.1, -0.05) is 18.2 Å². The second kappa shape index (κ2) is 4.10. The molecule has 0 fully saturated rings. The van der Waals surface area contributed by atoms with Gasteiger partial charge in [0.1, 0.15) is 5.82 Å². The lowest BCUT2D eigenvalue weighted by molar-refractivity contribution is 0.857. The molecular weight excluding hydrogens is 254 g/mol. The molecule has 0 saturated heterocycles. The number of pyridine rings is 1. The van der Waals surface area contributed by atoms with Crippen molar-refractivity contribution in [3.05, 3.63) is 53.5 Å². The third-order valence-corrected chi connectivity index (χ3v) is 4.72. The lowest BCUT2D eigenvalue weighted by atomic mass is 10.0. The highest BCUT2D eigenvalue weighted by atomic mass is 32.2. The number of fused-ring (bicyclic) bond motifs is 2. The largest absolute Gasteiger partial charge is 0.340 e. The first kappa shape index (κ1) is 11.1. The van der Waals surface area contributed by atoms with Gasteiger partial charge < -0.3 is 4.98 Å². The minimum Gasteiger partial charge on any atom is -0.340 e. The van der Waals surface area contributed by atoms with Gasteiger partial charge in [-0.2, -0.15) is 0 Å². The minimum atomic E-state index is 0.357. The summed E-state index contributed by atoms with van der Waals surface area (Å²) in [5.74, 6) is 2.44. The first-order valence-corrected chi connectivity index (χ1v) is 7.35. The second-order valence-electron chi connectivity index (χ2n) is 4.85. The molecular formula is C15H13N3S. The summed E-state index contributed by atoms with van der Waals surface area (Å²) >= 11 is 1.90. The molecule has 1 unspecified atom stereocenters. The molecule has 0 saturated carbocycles. The van der Waals surface area contributed by atoms with Gasteiger partial charge in [0.05, 0.1) is 11.4 Å². The van der Waals surface area contributed by atoms with E-state index in [1.165, 1.54) is 10.5 Å². The normalized spacial score (nSPS) is 17.8. The van der Waals surface area contributed by atoms with Crippen LogP contribution in [0.3, 0.4) is 0 Å². The van der Waals surface area contributed by atoms with E-state index in [0.29, 0.717) is 5.92 Å². The summed E-state index contributed by atoms with van der Waals surface area (Å²) in [5.41, 5.74) is 4.23. The summed E-state index contributed by atoms with van der Waals surface area (Å²) in [5, 5.41) is 0. The molecule has 19 heavy (non-hydrogen) atoms. The maximum Gasteiger partial charge on any atom is 0.177 e. The number of hydrogen-bond donors (Lipinski definition) is 1. The molecule has 2 aromatic heterocycles. The van der Waals surface area contributed by atoms with E-state index in [9.17, 15) is 0 Å². The summed E-state index contributed by atoms with van der Waals surface area (Å²) in [4.78, 5) is 13.9. The Balaban J connectivity index is 1.83. The van der Waals surface area contributed by atoms with E-state index in [0.717, 1.165) is 28.4 Å². The van der Waals surface area contributed by atoms with Gasteiger partial charge in [-0.15, -0.1) is 11.8 Å². The van der Waals surface area contributed by atoms with Crippen molar-refractivity contribution < 1.29 is 0 Å². The first-order valence-electron chi connectivity index (χ1n) is 6.36. The molecule has 0 bridgehead atoms. The summed E-state index contributed by atoms with van der Waals surface area (Å²) in [7, 11) is 0. The minimum absolute atomic E-state index is 0.357. The van der Waals surface area contributed by atoms with Crippen molar-refractivity contribution in [1.82, 2.24) is 15.0 Å². The molecule has 0 radical (unpaired) electrons. The van der Waals surface area contributed by atoms with Crippen LogP contribution in [0.2, 0.25) is 0 Å². The van der Waals surface area contributed by atoms with Crippen molar-refractivity contribution in [2.75, 3.05) is 5.75 Å². The average Bonchev–Trinajstić information content (AvgIpc) is 3.00. The summed E-state index contributed by atoms with van der Waals surface area (Å²) < 4.78 is 0. The number of imidazole rings is 1. The molecule has 0 spiro atoms. The van der Waals surface area contributed by atoms with Crippen molar-refractivity contribution in [2.24, 2.45) is 0 Å². The summed E-state index contributed by atoms with van der Waals surface area (Å²) in [6.45, 7) is 1.99. The molecule has 1 aliphatic rings. The van der Waals surface area contributed by atoms with Gasteiger partial charge in [-0.3, -0.25) is 0 Å². The predicted octanol–water partition coefficient (Wildman–Crippen LogP) is 3.50. The zero-order valence-corrected chi connectivity index (χ0v) is 11.4. The molecule has 4 heteroatoms. The molecule has 1 aromatic carbocycles. The molecule has 3 nitrogen and oxygen atoms in total. The number of aryl methyl sites for hydroxylation is 1. The van der Waals surface area contributed by atoms with E-state index < -0.39 is 0 Å². The highest BCUT2D eigenvalue weighted by Crippen LogP contribution is 2.42. The lowest BCUT2D eigenvalue weighted by Crippen LogP contribution is -2.01. The smallest absolute Gasteiger partial charge is 0.177 e. The quantitative estimate of drug-likeness (QED) is 0.733. The maximum atomic E-state index is 4.67. The van der Waals surface area contributed by atoms with Crippen molar-refractivity contribution in [2.45, 2.75) is 17.7 Å². The highest BCUT2D eigenvalue weighted by Gasteiger charge is 2.26. The van der Waals surface area contributed by atoms with Gasteiger partial charge in [0, 0.05) is 16.3 Å². The van der Waals surface area contributed by atoms with Crippen LogP contribution < -0.4 is 0 Å². The van der Waals surface area contributed by atoms with Crippen LogP contribution in [0.4, 0.5) is 0 Å². The van der Waals surface area contributed by atoms with Gasteiger partial charge in [0.2, 0.25) is 0 Å². The number of nitrogens with zero attached hydrogens (tertiary/aromatic N) is 2. The Kier molecular flexibility index (Phi) is 2.38. The summed E-state index contributed by atoms with van der Waals surface area (Å²) in [6, 6.07) is 12.7. The maximum absolute atomic E-state index is 4.67. The van der Waals surface area contributed by atoms with Crippen molar-refractivity contribution >= 4 is 22.9 Å². The Morgan fingerprint density at radius 2 is 2.05 bits per heavy atom. The number of hydrogen-bond acceptors (Lipinski definition) is 3. The average molecular weight is 267 g/mol. The van der Waals surface area contributed by atoms with Crippen LogP contribution in [-0.4, -0.2) is 20.7 Å². The number of aromatic amines is 1. The van der Waals surface area contributed by atoms with E-state index in [4.69, 9.17) is 0 Å². The standard InChI is InChI=1S/C15H13N3S/c1-9-6-7-12-15(16-9)18-14(17-12)11-8-19-13-5-3-2-4-10(11)13/h2-7,11H,8H2,1H3,(H,16,17,18). The number of rotatable bonds is 1. The van der Waals surface area contributed by atoms with Gasteiger partial charge >= 0.3 is 0 Å². The van der Waals surface area contributed by atoms with Crippen LogP contribution >= 0.6 is 11.8 Å². The van der Waals surface area contributed by atoms with Crippen LogP contribution in [0.5, 0.6) is 0 Å². The zero-order chi connectivity index (χ0) is 12.8. The molecule has 3 heterocycles. The Bertz CT molecular complexity index is 763. The first-order chi connectivity index (χ1) is 9.31. The molecule has 1 aliphatic heterocycles. The SMILES string of the molecule is Cc1ccc2[nH]c(C3CSc4ccccc43)nc2n1. The molecule has 3 aromatic rings. The lowest BCUT2D eigenvalue weighted by Gasteiger charge is -2.06. The fourth-order valence-corrected chi connectivity index (χ4v) is 3.80. The zero-order valence-electron chi connectivity index (χ0n) is 10.6. The monoisotopic (exact) mass is 267 g/mol. The van der Waals surface area contributed by atoms with Gasteiger partial charge in [-0.25, -0.2) is 9.97 Å². The molecule has 4 rings (SSSR count). The number of benzene rings is 1. The van der Waals surface area contributed by atoms with Crippen molar-refractivity contribution in [3.63, 3.8) is 0 Å². The fourth-order valence-electron chi connectivity index (χ4n) is 2.56. The molecule has 94 valence electrons. The van der Waals surface area contributed by atoms with Crippen molar-refractivity contribution in [3.8, 4) is 0 Å². The highest BCUT2D eigenvalue weighted by molar-refractivity contribution is 7.99. The van der Waals surface area contributed by atoms with Gasteiger partial charge in [-0.05, 0) is 30.7 Å². The Morgan fingerprint density at radius 1 is 1.16 bits per heavy atom. The fraction of sp³-hybridized carbons (Fsp3) is 0.200. The number of thioether (sulfide) groups is 1. The van der Waals surface area contributed by atoms with E-state index >= 15 is 0 Å². The van der Waals surface area contributed by atoms with E-state index in [1.54, 1.807) is 0 Å². The van der Waals surface area contributed by atoms with E-state index in [2.05, 4.69) is 45.3 Å². The van der Waals surface area contributed by atoms with Crippen LogP contribution in [0.15, 0.2) is 41.3 Å². The number of aromatic nitrogens is 3. The third kappa shape index (κ3) is 1.75. The molecule has 0 amide bonds. The predicted molar refractivity (Wildman–Crippen MR) is 77.6 cm³/mol. The Labute approximate surface area is 115 Å². The van der Waals surface area contributed by atoms with Crippen LogP contribution in [-0.2, 0) is 0 Å². The Morgan fingerprint density at radius 3 is 3.00 bits per heavy atom. The van der Waals surface area contributed by atoms with Gasteiger partial charge in [0.15, 0.2) is 5.65 Å². The Hall–Kier alpha value is -1.81. The van der Waals surface area contributed by atoms with Crippen LogP contribution in [0.25, 0.3) is 11.2 Å². The second-order valence-corrected chi connectivity index (χ2v) is 5.91. The van der Waals surface area contributed by atoms with Crippen LogP contribution in [0.1, 0.15) is 23.0 Å². The summed E-state index contributed by atoms with van der Waals surface area (Å²) in [6.07, 6.45) is 0. The van der Waals surface area contributed by atoms with Crippen molar-refractivity contribution in [1.29, 1.82) is 0 Å².